The summed E-state index contributed by atoms with van der Waals surface area (Å²) in [6, 6.07) is 10.1. The van der Waals surface area contributed by atoms with Gasteiger partial charge in [0, 0.05) is 19.2 Å². The Morgan fingerprint density at radius 2 is 2.07 bits per heavy atom. The van der Waals surface area contributed by atoms with Gasteiger partial charge in [-0.2, -0.15) is 0 Å². The van der Waals surface area contributed by atoms with Crippen LogP contribution in [-0.2, 0) is 20.7 Å². The van der Waals surface area contributed by atoms with Gasteiger partial charge in [0.05, 0.1) is 12.7 Å². The average Bonchev–Trinajstić information content (AvgIpc) is 2.71. The predicted octanol–water partition coefficient (Wildman–Crippen LogP) is 2.56. The summed E-state index contributed by atoms with van der Waals surface area (Å²) in [6.45, 7) is 5.31. The number of esters is 2. The number of rotatable bonds is 5. The zero-order chi connectivity index (χ0) is 20.3. The van der Waals surface area contributed by atoms with Gasteiger partial charge in [0.25, 0.3) is 5.91 Å². The lowest BCUT2D eigenvalue weighted by atomic mass is 9.88. The number of hydrogen-bond acceptors (Lipinski definition) is 6. The highest BCUT2D eigenvalue weighted by Crippen LogP contribution is 2.31. The van der Waals surface area contributed by atoms with E-state index in [2.05, 4.69) is 11.6 Å². The third-order valence-corrected chi connectivity index (χ3v) is 4.54. The first-order chi connectivity index (χ1) is 13.4. The number of aromatic nitrogens is 1. The standard InChI is InChI=1S/C21H20N2O5/c1-4-12-23(17-16(18(24)27-3)10-7-11-22-17)20(26)21(2)13-14-8-5-6-9-15(14)19(25)28-21/h4-11H,1,12-13H2,2-3H3/t21-/m1/s1. The molecule has 144 valence electrons. The number of pyridine rings is 1. The van der Waals surface area contributed by atoms with E-state index in [0.717, 1.165) is 5.56 Å². The summed E-state index contributed by atoms with van der Waals surface area (Å²) < 4.78 is 10.3. The number of benzene rings is 1. The maximum absolute atomic E-state index is 13.4. The maximum Gasteiger partial charge on any atom is 0.341 e. The van der Waals surface area contributed by atoms with Crippen LogP contribution in [0.1, 0.15) is 33.2 Å². The van der Waals surface area contributed by atoms with Crippen molar-refractivity contribution in [3.63, 3.8) is 0 Å². The number of amides is 1. The minimum absolute atomic E-state index is 0.0780. The third kappa shape index (κ3) is 3.38. The largest absolute Gasteiger partial charge is 0.465 e. The first-order valence-corrected chi connectivity index (χ1v) is 8.68. The highest BCUT2D eigenvalue weighted by Gasteiger charge is 2.45. The molecule has 0 radical (unpaired) electrons. The van der Waals surface area contributed by atoms with Crippen molar-refractivity contribution in [3.8, 4) is 0 Å². The number of hydrogen-bond donors (Lipinski definition) is 0. The molecule has 1 aromatic heterocycles. The molecule has 1 aliphatic heterocycles. The highest BCUT2D eigenvalue weighted by molar-refractivity contribution is 6.06. The molecule has 3 rings (SSSR count). The second kappa shape index (κ2) is 7.64. The molecule has 1 aliphatic rings. The molecule has 0 spiro atoms. The van der Waals surface area contributed by atoms with E-state index >= 15 is 0 Å². The van der Waals surface area contributed by atoms with Crippen LogP contribution in [0.15, 0.2) is 55.3 Å². The Hall–Kier alpha value is -3.48. The van der Waals surface area contributed by atoms with E-state index in [1.807, 2.05) is 0 Å². The van der Waals surface area contributed by atoms with Crippen molar-refractivity contribution in [2.45, 2.75) is 18.9 Å². The van der Waals surface area contributed by atoms with Gasteiger partial charge in [-0.05, 0) is 30.7 Å². The molecule has 0 fully saturated rings. The summed E-state index contributed by atoms with van der Waals surface area (Å²) in [5.74, 6) is -1.57. The lowest BCUT2D eigenvalue weighted by molar-refractivity contribution is -0.136. The summed E-state index contributed by atoms with van der Waals surface area (Å²) in [4.78, 5) is 43.5. The van der Waals surface area contributed by atoms with Crippen molar-refractivity contribution in [1.29, 1.82) is 0 Å². The SMILES string of the molecule is C=CCN(C(=O)[C@@]1(C)Cc2ccccc2C(=O)O1)c1ncccc1C(=O)OC. The van der Waals surface area contributed by atoms with Crippen LogP contribution in [0.3, 0.4) is 0 Å². The second-order valence-electron chi connectivity index (χ2n) is 6.52. The molecule has 1 amide bonds. The van der Waals surface area contributed by atoms with Crippen LogP contribution in [0.4, 0.5) is 5.82 Å². The molecule has 0 aliphatic carbocycles. The van der Waals surface area contributed by atoms with Crippen molar-refractivity contribution in [2.24, 2.45) is 0 Å². The normalized spacial score (nSPS) is 17.9. The van der Waals surface area contributed by atoms with Gasteiger partial charge in [-0.15, -0.1) is 6.58 Å². The van der Waals surface area contributed by atoms with Gasteiger partial charge in [-0.25, -0.2) is 14.6 Å². The Labute approximate surface area is 162 Å². The molecule has 0 N–H and O–H groups in total. The quantitative estimate of drug-likeness (QED) is 0.585. The molecule has 0 saturated heterocycles. The summed E-state index contributed by atoms with van der Waals surface area (Å²) in [5, 5.41) is 0. The van der Waals surface area contributed by atoms with Crippen LogP contribution < -0.4 is 4.90 Å². The van der Waals surface area contributed by atoms with E-state index in [1.54, 1.807) is 37.3 Å². The van der Waals surface area contributed by atoms with Crippen molar-refractivity contribution >= 4 is 23.7 Å². The van der Waals surface area contributed by atoms with E-state index in [1.165, 1.54) is 30.3 Å². The zero-order valence-electron chi connectivity index (χ0n) is 15.7. The lowest BCUT2D eigenvalue weighted by Gasteiger charge is -2.36. The summed E-state index contributed by atoms with van der Waals surface area (Å²) in [7, 11) is 1.25. The number of carbonyl (C=O) groups is 3. The third-order valence-electron chi connectivity index (χ3n) is 4.54. The molecule has 1 atom stereocenters. The fourth-order valence-corrected chi connectivity index (χ4v) is 3.21. The average molecular weight is 380 g/mol. The van der Waals surface area contributed by atoms with Crippen LogP contribution in [0.25, 0.3) is 0 Å². The fourth-order valence-electron chi connectivity index (χ4n) is 3.21. The topological polar surface area (TPSA) is 85.8 Å². The molecule has 28 heavy (non-hydrogen) atoms. The van der Waals surface area contributed by atoms with Crippen LogP contribution >= 0.6 is 0 Å². The van der Waals surface area contributed by atoms with Crippen LogP contribution in [0, 0.1) is 0 Å². The molecular formula is C21H20N2O5. The molecule has 7 nitrogen and oxygen atoms in total. The van der Waals surface area contributed by atoms with E-state index < -0.39 is 23.4 Å². The number of anilines is 1. The molecule has 7 heteroatoms. The number of nitrogens with zero attached hydrogens (tertiary/aromatic N) is 2. The fraction of sp³-hybridized carbons (Fsp3) is 0.238. The van der Waals surface area contributed by atoms with Crippen molar-refractivity contribution in [2.75, 3.05) is 18.6 Å². The Balaban J connectivity index is 2.03. The van der Waals surface area contributed by atoms with Crippen molar-refractivity contribution < 1.29 is 23.9 Å². The van der Waals surface area contributed by atoms with Crippen molar-refractivity contribution in [1.82, 2.24) is 4.98 Å². The molecule has 2 heterocycles. The first-order valence-electron chi connectivity index (χ1n) is 8.68. The van der Waals surface area contributed by atoms with Crippen LogP contribution in [0.2, 0.25) is 0 Å². The van der Waals surface area contributed by atoms with Gasteiger partial charge in [0.15, 0.2) is 5.60 Å². The molecular weight excluding hydrogens is 360 g/mol. The Kier molecular flexibility index (Phi) is 5.26. The predicted molar refractivity (Wildman–Crippen MR) is 102 cm³/mol. The minimum atomic E-state index is -1.45. The first kappa shape index (κ1) is 19.3. The maximum atomic E-state index is 13.4. The summed E-state index contributed by atoms with van der Waals surface area (Å²) >= 11 is 0. The molecule has 2 aromatic rings. The van der Waals surface area contributed by atoms with E-state index in [0.29, 0.717) is 5.56 Å². The smallest absolute Gasteiger partial charge is 0.341 e. The summed E-state index contributed by atoms with van der Waals surface area (Å²) in [5.41, 5.74) is -0.149. The van der Waals surface area contributed by atoms with Crippen LogP contribution in [0.5, 0.6) is 0 Å². The molecule has 0 bridgehead atoms. The Morgan fingerprint density at radius 1 is 1.32 bits per heavy atom. The van der Waals surface area contributed by atoms with Gasteiger partial charge in [-0.1, -0.05) is 24.3 Å². The van der Waals surface area contributed by atoms with E-state index in [9.17, 15) is 14.4 Å². The summed E-state index contributed by atoms with van der Waals surface area (Å²) in [6.07, 6.45) is 3.19. The number of carbonyl (C=O) groups excluding carboxylic acids is 3. The van der Waals surface area contributed by atoms with Gasteiger partial charge in [0.1, 0.15) is 11.4 Å². The van der Waals surface area contributed by atoms with Gasteiger partial charge < -0.3 is 9.47 Å². The number of fused-ring (bicyclic) bond motifs is 1. The van der Waals surface area contributed by atoms with Gasteiger partial charge in [0.2, 0.25) is 0 Å². The molecule has 0 unspecified atom stereocenters. The zero-order valence-corrected chi connectivity index (χ0v) is 15.7. The lowest BCUT2D eigenvalue weighted by Crippen LogP contribution is -2.54. The number of ether oxygens (including phenoxy) is 2. The second-order valence-corrected chi connectivity index (χ2v) is 6.52. The van der Waals surface area contributed by atoms with Crippen LogP contribution in [-0.4, -0.2) is 42.1 Å². The van der Waals surface area contributed by atoms with E-state index in [-0.39, 0.29) is 24.3 Å². The highest BCUT2D eigenvalue weighted by atomic mass is 16.6. The van der Waals surface area contributed by atoms with Gasteiger partial charge in [-0.3, -0.25) is 9.69 Å². The monoisotopic (exact) mass is 380 g/mol. The van der Waals surface area contributed by atoms with E-state index in [4.69, 9.17) is 9.47 Å². The Morgan fingerprint density at radius 3 is 2.79 bits per heavy atom. The number of cyclic esters (lactones) is 1. The molecule has 0 saturated carbocycles. The number of methoxy groups -OCH3 is 1. The van der Waals surface area contributed by atoms with Crippen molar-refractivity contribution in [3.05, 3.63) is 71.9 Å². The molecule has 1 aromatic carbocycles. The Bertz CT molecular complexity index is 955. The van der Waals surface area contributed by atoms with Gasteiger partial charge >= 0.3 is 11.9 Å². The minimum Gasteiger partial charge on any atom is -0.465 e.